The Morgan fingerprint density at radius 1 is 0.979 bits per heavy atom. The van der Waals surface area contributed by atoms with Gasteiger partial charge in [-0.25, -0.2) is 4.39 Å². The van der Waals surface area contributed by atoms with Gasteiger partial charge in [-0.05, 0) is 78.6 Å². The Morgan fingerprint density at radius 2 is 1.62 bits per heavy atom. The Hall–Kier alpha value is -3.96. The van der Waals surface area contributed by atoms with Crippen LogP contribution in [0, 0.1) is 5.82 Å². The van der Waals surface area contributed by atoms with Crippen LogP contribution in [0.3, 0.4) is 0 Å². The summed E-state index contributed by atoms with van der Waals surface area (Å²) in [6.07, 6.45) is -15.2. The lowest BCUT2D eigenvalue weighted by Gasteiger charge is -2.28. The summed E-state index contributed by atoms with van der Waals surface area (Å²) in [7, 11) is 0. The molecule has 0 bridgehead atoms. The minimum Gasteiger partial charge on any atom is -0.336 e. The monoisotopic (exact) mass is 684 g/mol. The van der Waals surface area contributed by atoms with Crippen molar-refractivity contribution >= 4 is 17.7 Å². The molecule has 0 spiro atoms. The van der Waals surface area contributed by atoms with Crippen molar-refractivity contribution in [2.75, 3.05) is 26.0 Å². The molecule has 0 atom stereocenters. The molecule has 47 heavy (non-hydrogen) atoms. The van der Waals surface area contributed by atoms with Crippen LogP contribution in [0.15, 0.2) is 82.7 Å². The minimum atomic E-state index is -4.63. The summed E-state index contributed by atoms with van der Waals surface area (Å²) >= 11 is 0.320. The molecule has 0 aliphatic heterocycles. The molecule has 0 saturated carbocycles. The van der Waals surface area contributed by atoms with Gasteiger partial charge in [0.25, 0.3) is 5.56 Å². The van der Waals surface area contributed by atoms with Crippen molar-refractivity contribution in [2.24, 2.45) is 0 Å². The quantitative estimate of drug-likeness (QED) is 0.0846. The summed E-state index contributed by atoms with van der Waals surface area (Å²) in [5, 5.41) is -0.763. The van der Waals surface area contributed by atoms with E-state index in [2.05, 4.69) is 4.98 Å². The standard InChI is InChI=1S/C36H38F4N4O2S/c1-3-42(4-2)20-21-43(22-25-8-12-27(13-9-25)28-14-16-29(17-15-28)36(38,39)40)33(45)23-44-32-7-5-6-31(32)34(46)41-35(44)47-24-26-10-18-30(37)19-11-26/h8-19H,3-7,20-24H2,1-2H3/i3D2,4D2,5D2,6D2,7D2,10D,11D,18D,19D,20D2,21D2. The Balaban J connectivity index is 1.71. The molecular weight excluding hydrogens is 628 g/mol. The molecule has 248 valence electrons. The highest BCUT2D eigenvalue weighted by Gasteiger charge is 2.30. The lowest BCUT2D eigenvalue weighted by molar-refractivity contribution is -0.137. The van der Waals surface area contributed by atoms with Gasteiger partial charge < -0.3 is 14.4 Å². The Labute approximate surface area is 301 Å². The third-order valence-electron chi connectivity index (χ3n) is 6.69. The third kappa shape index (κ3) is 8.70. The number of carbonyl (C=O) groups excluding carboxylic acids is 1. The molecule has 5 rings (SSSR count). The second kappa shape index (κ2) is 15.3. The number of halogens is 4. The number of benzene rings is 3. The first kappa shape index (κ1) is 18.0. The molecule has 1 aromatic heterocycles. The highest BCUT2D eigenvalue weighted by atomic mass is 32.2. The number of aromatic nitrogens is 2. The van der Waals surface area contributed by atoms with Gasteiger partial charge in [0.1, 0.15) is 12.4 Å². The topological polar surface area (TPSA) is 58.4 Å². The zero-order chi connectivity index (χ0) is 49.6. The van der Waals surface area contributed by atoms with E-state index in [4.69, 9.17) is 24.7 Å². The van der Waals surface area contributed by atoms with Crippen molar-refractivity contribution in [1.29, 1.82) is 0 Å². The van der Waals surface area contributed by atoms with Gasteiger partial charge in [0, 0.05) is 53.0 Å². The van der Waals surface area contributed by atoms with Crippen LogP contribution in [0.2, 0.25) is 0 Å². The maximum absolute atomic E-state index is 14.8. The summed E-state index contributed by atoms with van der Waals surface area (Å²) in [4.78, 5) is 32.2. The molecule has 0 radical (unpaired) electrons. The average Bonchev–Trinajstić information content (AvgIpc) is 3.28. The Kier molecular flexibility index (Phi) is 5.85. The number of likely N-dealkylation sites (N-methyl/N-ethyl adjacent to an activating group) is 1. The van der Waals surface area contributed by atoms with Crippen molar-refractivity contribution < 1.29 is 47.0 Å². The van der Waals surface area contributed by atoms with Crippen LogP contribution in [0.1, 0.15) is 72.8 Å². The first-order valence-corrected chi connectivity index (χ1v) is 14.7. The molecule has 11 heteroatoms. The summed E-state index contributed by atoms with van der Waals surface area (Å²) in [5.41, 5.74) is -4.68. The lowest BCUT2D eigenvalue weighted by atomic mass is 10.0. The van der Waals surface area contributed by atoms with Crippen LogP contribution in [-0.2, 0) is 42.6 Å². The number of fused-ring (bicyclic) bond motifs is 1. The predicted octanol–water partition coefficient (Wildman–Crippen LogP) is 7.22. The number of hydrogen-bond donors (Lipinski definition) is 0. The zero-order valence-corrected chi connectivity index (χ0v) is 25.6. The van der Waals surface area contributed by atoms with Crippen molar-refractivity contribution in [3.05, 3.63) is 117 Å². The molecule has 6 nitrogen and oxygen atoms in total. The zero-order valence-electron chi connectivity index (χ0n) is 42.8. The largest absolute Gasteiger partial charge is 0.416 e. The highest BCUT2D eigenvalue weighted by Crippen LogP contribution is 2.31. The SMILES string of the molecule is [2H]c1c([2H])c(CSc2nc(=O)c3c(n2CC(=O)N(Cc2ccc(-c4ccc(C(F)(F)F)cc4)cc2)C([2H])([2H])C([2H])([2H])N(C([2H])([2H])C)C([2H])([2H])C)C([2H])([2H])C([2H])([2H])C3([2H])[2H])c([2H])c([2H])c1F. The van der Waals surface area contributed by atoms with E-state index in [-0.39, 0.29) is 15.4 Å². The van der Waals surface area contributed by atoms with Gasteiger partial charge in [0.05, 0.1) is 13.8 Å². The van der Waals surface area contributed by atoms with Crippen LogP contribution in [-0.4, -0.2) is 51.2 Å². The van der Waals surface area contributed by atoms with Gasteiger partial charge in [0.15, 0.2) is 5.16 Å². The van der Waals surface area contributed by atoms with E-state index in [0.29, 0.717) is 27.5 Å². The van der Waals surface area contributed by atoms with E-state index in [9.17, 15) is 27.2 Å². The first-order chi connectivity index (χ1) is 29.3. The Morgan fingerprint density at radius 3 is 2.23 bits per heavy atom. The van der Waals surface area contributed by atoms with Crippen LogP contribution in [0.5, 0.6) is 0 Å². The summed E-state index contributed by atoms with van der Waals surface area (Å²) < 4.78 is 207. The fraction of sp³-hybridized carbons (Fsp3) is 0.361. The molecule has 4 aromatic rings. The Bertz CT molecular complexity index is 2520. The number of nitrogens with zero attached hydrogens (tertiary/aromatic N) is 4. The molecule has 0 unspecified atom stereocenters. The second-order valence-corrected chi connectivity index (χ2v) is 10.7. The van der Waals surface area contributed by atoms with Crippen molar-refractivity contribution in [3.8, 4) is 11.1 Å². The molecule has 0 fully saturated rings. The summed E-state index contributed by atoms with van der Waals surface area (Å²) in [6, 6.07) is 5.34. The number of thioether (sulfide) groups is 1. The van der Waals surface area contributed by atoms with E-state index in [1.54, 1.807) is 0 Å². The van der Waals surface area contributed by atoms with E-state index in [1.165, 1.54) is 36.4 Å². The van der Waals surface area contributed by atoms with Gasteiger partial charge in [-0.2, -0.15) is 18.2 Å². The van der Waals surface area contributed by atoms with Crippen LogP contribution in [0.25, 0.3) is 11.1 Å². The molecule has 0 saturated heterocycles. The summed E-state index contributed by atoms with van der Waals surface area (Å²) in [6.45, 7) is -14.6. The number of carbonyl (C=O) groups is 1. The predicted molar refractivity (Wildman–Crippen MR) is 177 cm³/mol. The fourth-order valence-corrected chi connectivity index (χ4v) is 5.18. The molecule has 1 amide bonds. The maximum Gasteiger partial charge on any atom is 0.416 e. The molecule has 1 heterocycles. The van der Waals surface area contributed by atoms with Gasteiger partial charge in [-0.3, -0.25) is 9.59 Å². The fourth-order valence-electron chi connectivity index (χ4n) is 4.30. The van der Waals surface area contributed by atoms with Gasteiger partial charge >= 0.3 is 6.18 Å². The molecule has 3 aromatic carbocycles. The van der Waals surface area contributed by atoms with E-state index >= 15 is 0 Å². The van der Waals surface area contributed by atoms with E-state index < -0.39 is 139 Å². The highest BCUT2D eigenvalue weighted by molar-refractivity contribution is 7.98. The van der Waals surface area contributed by atoms with Crippen molar-refractivity contribution in [1.82, 2.24) is 19.4 Å². The van der Waals surface area contributed by atoms with Crippen molar-refractivity contribution in [2.45, 2.75) is 63.1 Å². The van der Waals surface area contributed by atoms with Gasteiger partial charge in [-0.15, -0.1) is 0 Å². The minimum absolute atomic E-state index is 0.0141. The van der Waals surface area contributed by atoms with E-state index in [0.717, 1.165) is 26.0 Å². The molecule has 1 aliphatic rings. The molecular formula is C36H38F4N4O2S. The smallest absolute Gasteiger partial charge is 0.336 e. The number of amides is 1. The van der Waals surface area contributed by atoms with Gasteiger partial charge in [0.2, 0.25) is 5.91 Å². The molecule has 1 aliphatic carbocycles. The molecule has 0 N–H and O–H groups in total. The average molecular weight is 685 g/mol. The number of hydrogen-bond acceptors (Lipinski definition) is 5. The number of rotatable bonds is 13. The van der Waals surface area contributed by atoms with Crippen molar-refractivity contribution in [3.63, 3.8) is 0 Å². The van der Waals surface area contributed by atoms with Gasteiger partial charge in [-0.1, -0.05) is 74.1 Å². The lowest BCUT2D eigenvalue weighted by Crippen LogP contribution is -2.40. The third-order valence-corrected chi connectivity index (χ3v) is 7.69. The number of alkyl halides is 3. The summed E-state index contributed by atoms with van der Waals surface area (Å²) in [5.74, 6) is -3.79. The van der Waals surface area contributed by atoms with Crippen LogP contribution < -0.4 is 5.56 Å². The van der Waals surface area contributed by atoms with Crippen LogP contribution >= 0.6 is 11.8 Å². The normalized spacial score (nSPS) is 22.9. The second-order valence-electron chi connectivity index (χ2n) is 9.72. The first-order valence-electron chi connectivity index (χ1n) is 22.8. The maximum atomic E-state index is 14.8. The van der Waals surface area contributed by atoms with Crippen LogP contribution in [0.4, 0.5) is 17.6 Å². The van der Waals surface area contributed by atoms with E-state index in [1.807, 2.05) is 0 Å².